The van der Waals surface area contributed by atoms with E-state index in [2.05, 4.69) is 12.3 Å². The Morgan fingerprint density at radius 1 is 1.71 bits per heavy atom. The number of alkyl halides is 1. The summed E-state index contributed by atoms with van der Waals surface area (Å²) in [7, 11) is 0. The van der Waals surface area contributed by atoms with Crippen molar-refractivity contribution in [3.63, 3.8) is 0 Å². The van der Waals surface area contributed by atoms with Crippen LogP contribution in [0, 0.1) is 0 Å². The lowest BCUT2D eigenvalue weighted by Gasteiger charge is -2.01. The lowest BCUT2D eigenvalue weighted by Crippen LogP contribution is -2.03. The highest BCUT2D eigenvalue weighted by Crippen LogP contribution is 2.27. The van der Waals surface area contributed by atoms with Gasteiger partial charge in [0, 0.05) is 5.25 Å². The predicted molar refractivity (Wildman–Crippen MR) is 35.8 cm³/mol. The number of hydrogen-bond acceptors (Lipinski definition) is 1. The Morgan fingerprint density at radius 3 is 2.57 bits per heavy atom. The molecule has 1 heterocycles. The van der Waals surface area contributed by atoms with E-state index in [1.165, 1.54) is 0 Å². The van der Waals surface area contributed by atoms with Crippen LogP contribution < -0.4 is 0 Å². The van der Waals surface area contributed by atoms with Crippen molar-refractivity contribution in [3.05, 3.63) is 11.5 Å². The molecule has 7 heavy (non-hydrogen) atoms. The van der Waals surface area contributed by atoms with Crippen LogP contribution in [0.4, 0.5) is 0 Å². The molecule has 0 nitrogen and oxygen atoms in total. The summed E-state index contributed by atoms with van der Waals surface area (Å²) in [6.07, 6.45) is 2.02. The zero-order valence-corrected chi connectivity index (χ0v) is 5.67. The van der Waals surface area contributed by atoms with Crippen molar-refractivity contribution < 1.29 is 0 Å². The summed E-state index contributed by atoms with van der Waals surface area (Å²) >= 11 is 7.55. The van der Waals surface area contributed by atoms with Gasteiger partial charge in [-0.2, -0.15) is 0 Å². The minimum Gasteiger partial charge on any atom is -0.129 e. The quantitative estimate of drug-likeness (QED) is 0.458. The topological polar surface area (TPSA) is 0 Å². The second kappa shape index (κ2) is 2.10. The smallest absolute Gasteiger partial charge is 0.0643 e. The Kier molecular flexibility index (Phi) is 1.65. The van der Waals surface area contributed by atoms with Gasteiger partial charge < -0.3 is 0 Å². The van der Waals surface area contributed by atoms with Crippen LogP contribution in [0.25, 0.3) is 0 Å². The molecule has 0 radical (unpaired) electrons. The molecule has 0 saturated carbocycles. The summed E-state index contributed by atoms with van der Waals surface area (Å²) in [6.45, 7) is 2.13. The van der Waals surface area contributed by atoms with E-state index in [1.807, 2.05) is 6.08 Å². The summed E-state index contributed by atoms with van der Waals surface area (Å²) in [5.41, 5.74) is 0. The van der Waals surface area contributed by atoms with Gasteiger partial charge in [0.25, 0.3) is 0 Å². The third-order valence-electron chi connectivity index (χ3n) is 1.00. The van der Waals surface area contributed by atoms with E-state index in [0.29, 0.717) is 5.25 Å². The highest BCUT2D eigenvalue weighted by Gasteiger charge is 2.14. The molecule has 0 aromatic carbocycles. The van der Waals surface area contributed by atoms with Crippen LogP contribution in [0.15, 0.2) is 11.5 Å². The van der Waals surface area contributed by atoms with Gasteiger partial charge in [-0.05, 0) is 5.41 Å². The first kappa shape index (κ1) is 5.52. The van der Waals surface area contributed by atoms with Gasteiger partial charge >= 0.3 is 0 Å². The lowest BCUT2D eigenvalue weighted by atomic mass is 10.3. The number of hydrogen-bond donors (Lipinski definition) is 0. The van der Waals surface area contributed by atoms with E-state index in [4.69, 9.17) is 11.6 Å². The molecule has 0 aliphatic carbocycles. The molecular formula is C5H7ClS. The van der Waals surface area contributed by atoms with Crippen molar-refractivity contribution in [2.45, 2.75) is 17.6 Å². The fourth-order valence-electron chi connectivity index (χ4n) is 0.476. The van der Waals surface area contributed by atoms with E-state index in [0.717, 1.165) is 0 Å². The summed E-state index contributed by atoms with van der Waals surface area (Å²) in [5.74, 6) is 0. The first-order valence-corrected chi connectivity index (χ1v) is 3.65. The second-order valence-corrected chi connectivity index (χ2v) is 3.41. The average Bonchev–Trinajstić information content (AvgIpc) is 1.91. The van der Waals surface area contributed by atoms with E-state index in [9.17, 15) is 0 Å². The van der Waals surface area contributed by atoms with Crippen LogP contribution in [0.2, 0.25) is 0 Å². The van der Waals surface area contributed by atoms with Crippen molar-refractivity contribution in [1.82, 2.24) is 0 Å². The van der Waals surface area contributed by atoms with Gasteiger partial charge in [0.15, 0.2) is 0 Å². The van der Waals surface area contributed by atoms with Crippen molar-refractivity contribution in [1.29, 1.82) is 0 Å². The van der Waals surface area contributed by atoms with Crippen molar-refractivity contribution in [2.24, 2.45) is 0 Å². The van der Waals surface area contributed by atoms with Gasteiger partial charge in [-0.25, -0.2) is 0 Å². The Labute approximate surface area is 52.9 Å². The minimum atomic E-state index is 0.269. The summed E-state index contributed by atoms with van der Waals surface area (Å²) in [6, 6.07) is 0. The molecule has 1 aliphatic rings. The summed E-state index contributed by atoms with van der Waals surface area (Å²) < 4.78 is 0. The highest BCUT2D eigenvalue weighted by atomic mass is 35.5. The molecule has 0 bridgehead atoms. The molecule has 0 aromatic heterocycles. The molecule has 0 fully saturated rings. The van der Waals surface area contributed by atoms with Gasteiger partial charge in [-0.1, -0.05) is 13.0 Å². The highest BCUT2D eigenvalue weighted by molar-refractivity contribution is 8.03. The summed E-state index contributed by atoms with van der Waals surface area (Å²) in [5, 5.41) is 2.91. The average molecular weight is 135 g/mol. The Bertz CT molecular complexity index is 90.1. The van der Waals surface area contributed by atoms with E-state index < -0.39 is 0 Å². The maximum absolute atomic E-state index is 5.76. The van der Waals surface area contributed by atoms with Gasteiger partial charge in [0.05, 0.1) is 5.38 Å². The Balaban J connectivity index is 2.45. The number of rotatable bonds is 0. The zero-order valence-electron chi connectivity index (χ0n) is 4.10. The molecule has 0 N–H and O–H groups in total. The number of thioether (sulfide) groups is 1. The van der Waals surface area contributed by atoms with Crippen molar-refractivity contribution in [2.75, 3.05) is 0 Å². The number of allylic oxidation sites excluding steroid dienone is 1. The molecule has 0 aromatic rings. The molecule has 1 rings (SSSR count). The second-order valence-electron chi connectivity index (χ2n) is 1.61. The maximum atomic E-state index is 5.76. The third-order valence-corrected chi connectivity index (χ3v) is 2.71. The van der Waals surface area contributed by atoms with Crippen molar-refractivity contribution in [3.8, 4) is 0 Å². The predicted octanol–water partition coefficient (Wildman–Crippen LogP) is 2.24. The third kappa shape index (κ3) is 1.14. The fourth-order valence-corrected chi connectivity index (χ4v) is 1.56. The molecule has 1 aliphatic heterocycles. The minimum absolute atomic E-state index is 0.269. The SMILES string of the molecule is C[C@H]1SC=CC1Cl. The Hall–Kier alpha value is 0.380. The monoisotopic (exact) mass is 134 g/mol. The molecule has 40 valence electrons. The van der Waals surface area contributed by atoms with E-state index >= 15 is 0 Å². The van der Waals surface area contributed by atoms with Crippen LogP contribution >= 0.6 is 23.4 Å². The lowest BCUT2D eigenvalue weighted by molar-refractivity contribution is 1.01. The molecule has 2 atom stereocenters. The van der Waals surface area contributed by atoms with Crippen LogP contribution in [0.1, 0.15) is 6.92 Å². The van der Waals surface area contributed by atoms with Crippen LogP contribution in [-0.2, 0) is 0 Å². The normalized spacial score (nSPS) is 39.7. The van der Waals surface area contributed by atoms with Crippen LogP contribution in [-0.4, -0.2) is 10.6 Å². The largest absolute Gasteiger partial charge is 0.129 e. The zero-order chi connectivity index (χ0) is 5.28. The summed E-state index contributed by atoms with van der Waals surface area (Å²) in [4.78, 5) is 0. The fraction of sp³-hybridized carbons (Fsp3) is 0.600. The van der Waals surface area contributed by atoms with Crippen molar-refractivity contribution >= 4 is 23.4 Å². The molecule has 0 spiro atoms. The molecule has 2 heteroatoms. The number of halogens is 1. The first-order chi connectivity index (χ1) is 3.30. The van der Waals surface area contributed by atoms with Gasteiger partial charge in [-0.3, -0.25) is 0 Å². The van der Waals surface area contributed by atoms with E-state index in [1.54, 1.807) is 11.8 Å². The maximum Gasteiger partial charge on any atom is 0.0643 e. The Morgan fingerprint density at radius 2 is 2.43 bits per heavy atom. The molecule has 1 unspecified atom stereocenters. The molecular weight excluding hydrogens is 128 g/mol. The van der Waals surface area contributed by atoms with Gasteiger partial charge in [-0.15, -0.1) is 23.4 Å². The van der Waals surface area contributed by atoms with Crippen LogP contribution in [0.3, 0.4) is 0 Å². The van der Waals surface area contributed by atoms with Gasteiger partial charge in [0.2, 0.25) is 0 Å². The first-order valence-electron chi connectivity index (χ1n) is 2.27. The van der Waals surface area contributed by atoms with Crippen LogP contribution in [0.5, 0.6) is 0 Å². The standard InChI is InChI=1S/C5H7ClS/c1-4-5(6)2-3-7-4/h2-5H,1H3/t4-,5?/m1/s1. The molecule has 0 saturated heterocycles. The molecule has 0 amide bonds. The van der Waals surface area contributed by atoms with Gasteiger partial charge in [0.1, 0.15) is 0 Å². The van der Waals surface area contributed by atoms with E-state index in [-0.39, 0.29) is 5.38 Å².